The number of ether oxygens (including phenoxy) is 2. The number of hydrogen-bond acceptors (Lipinski definition) is 9. The Morgan fingerprint density at radius 2 is 2.03 bits per heavy atom. The number of nitrogens with one attached hydrogen (secondary N) is 2. The topological polar surface area (TPSA) is 158 Å². The summed E-state index contributed by atoms with van der Waals surface area (Å²) in [5.41, 5.74) is -4.10. The minimum atomic E-state index is -4.22. The van der Waals surface area contributed by atoms with Crippen LogP contribution in [0, 0.1) is 0 Å². The first-order valence-corrected chi connectivity index (χ1v) is 11.2. The standard InChI is InChI=1S/C19H23FN3O9P/c1-19(20)16(26)13(31-17(19)23-9-8-14(24)22-18(23)27)11-30-33(28,21-10-15(25)29-2)32-12-6-4-3-5-7-12/h3-9,13,16-17,26H,10-11H2,1-2H3,(H,21,28)(H,22,24,27)/t13-,16-,17-,19-,33+/m1/s1. The number of aromatic nitrogens is 2. The molecule has 1 aliphatic rings. The first kappa shape index (κ1) is 24.8. The number of nitrogens with zero attached hydrogens (tertiary/aromatic N) is 1. The highest BCUT2D eigenvalue weighted by molar-refractivity contribution is 7.52. The van der Waals surface area contributed by atoms with Gasteiger partial charge in [0.1, 0.15) is 24.5 Å². The van der Waals surface area contributed by atoms with Crippen LogP contribution < -0.4 is 20.9 Å². The number of carbonyl (C=O) groups is 1. The zero-order valence-corrected chi connectivity index (χ0v) is 18.6. The minimum Gasteiger partial charge on any atom is -0.468 e. The van der Waals surface area contributed by atoms with Gasteiger partial charge in [-0.3, -0.25) is 23.7 Å². The molecule has 0 spiro atoms. The van der Waals surface area contributed by atoms with E-state index in [4.69, 9.17) is 13.8 Å². The van der Waals surface area contributed by atoms with Gasteiger partial charge in [-0.1, -0.05) is 18.2 Å². The van der Waals surface area contributed by atoms with E-state index < -0.39 is 62.2 Å². The number of H-pyrrole nitrogens is 1. The van der Waals surface area contributed by atoms with Crippen molar-refractivity contribution in [2.75, 3.05) is 20.3 Å². The Bertz CT molecular complexity index is 1140. The zero-order valence-electron chi connectivity index (χ0n) is 17.7. The summed E-state index contributed by atoms with van der Waals surface area (Å²) in [7, 11) is -3.08. The monoisotopic (exact) mass is 487 g/mol. The number of para-hydroxylation sites is 1. The van der Waals surface area contributed by atoms with Crippen molar-refractivity contribution in [3.05, 3.63) is 63.4 Å². The summed E-state index contributed by atoms with van der Waals surface area (Å²) in [5, 5.41) is 12.8. The molecule has 0 unspecified atom stereocenters. The van der Waals surface area contributed by atoms with Crippen LogP contribution in [0.1, 0.15) is 13.2 Å². The number of aliphatic hydroxyl groups excluding tert-OH is 1. The van der Waals surface area contributed by atoms with Crippen LogP contribution in [0.15, 0.2) is 52.2 Å². The molecule has 12 nitrogen and oxygen atoms in total. The predicted octanol–water partition coefficient (Wildman–Crippen LogP) is 0.489. The molecule has 2 heterocycles. The van der Waals surface area contributed by atoms with E-state index in [1.54, 1.807) is 18.2 Å². The molecule has 14 heteroatoms. The molecule has 1 aromatic heterocycles. The molecular weight excluding hydrogens is 464 g/mol. The SMILES string of the molecule is COC(=O)CN[P@](=O)(OC[C@H]1O[C@@H](n2ccc(=O)[nH]c2=O)[C@](C)(F)[C@@H]1O)Oc1ccccc1. The van der Waals surface area contributed by atoms with Gasteiger partial charge in [-0.25, -0.2) is 18.8 Å². The van der Waals surface area contributed by atoms with Gasteiger partial charge in [0.2, 0.25) is 0 Å². The maximum atomic E-state index is 15.3. The van der Waals surface area contributed by atoms with E-state index in [1.807, 2.05) is 4.98 Å². The van der Waals surface area contributed by atoms with Gasteiger partial charge >= 0.3 is 19.4 Å². The summed E-state index contributed by atoms with van der Waals surface area (Å²) in [6.07, 6.45) is -3.76. The van der Waals surface area contributed by atoms with E-state index in [9.17, 15) is 24.1 Å². The third kappa shape index (κ3) is 5.75. The molecule has 0 bridgehead atoms. The molecule has 1 saturated heterocycles. The lowest BCUT2D eigenvalue weighted by Gasteiger charge is -2.24. The van der Waals surface area contributed by atoms with Gasteiger partial charge in [0.15, 0.2) is 11.9 Å². The summed E-state index contributed by atoms with van der Waals surface area (Å²) < 4.78 is 49.9. The van der Waals surface area contributed by atoms with Gasteiger partial charge in [-0.05, 0) is 19.1 Å². The molecule has 2 aromatic rings. The average molecular weight is 487 g/mol. The number of aliphatic hydroxyl groups is 1. The Morgan fingerprint density at radius 3 is 2.67 bits per heavy atom. The molecule has 0 aliphatic carbocycles. The highest BCUT2D eigenvalue weighted by Crippen LogP contribution is 2.46. The van der Waals surface area contributed by atoms with Gasteiger partial charge in [0, 0.05) is 12.3 Å². The Morgan fingerprint density at radius 1 is 1.33 bits per heavy atom. The maximum absolute atomic E-state index is 15.3. The van der Waals surface area contributed by atoms with Gasteiger partial charge in [-0.2, -0.15) is 0 Å². The highest BCUT2D eigenvalue weighted by atomic mass is 31.2. The lowest BCUT2D eigenvalue weighted by molar-refractivity contribution is -0.139. The molecule has 1 aliphatic heterocycles. The molecule has 1 fully saturated rings. The van der Waals surface area contributed by atoms with Crippen LogP contribution in [0.5, 0.6) is 5.75 Å². The number of carbonyl (C=O) groups excluding carboxylic acids is 1. The number of benzene rings is 1. The molecule has 1 aromatic carbocycles. The van der Waals surface area contributed by atoms with E-state index in [0.29, 0.717) is 0 Å². The van der Waals surface area contributed by atoms with E-state index in [2.05, 4.69) is 9.82 Å². The van der Waals surface area contributed by atoms with Gasteiger partial charge in [0.05, 0.1) is 13.7 Å². The second kappa shape index (κ2) is 9.98. The minimum absolute atomic E-state index is 0.152. The number of hydrogen-bond donors (Lipinski definition) is 3. The van der Waals surface area contributed by atoms with Crippen molar-refractivity contribution >= 4 is 13.7 Å². The molecule has 3 rings (SSSR count). The summed E-state index contributed by atoms with van der Waals surface area (Å²) >= 11 is 0. The fourth-order valence-electron chi connectivity index (χ4n) is 3.09. The molecule has 0 radical (unpaired) electrons. The van der Waals surface area contributed by atoms with Crippen LogP contribution in [0.4, 0.5) is 4.39 Å². The Hall–Kier alpha value is -2.83. The van der Waals surface area contributed by atoms with Crippen molar-refractivity contribution in [1.82, 2.24) is 14.6 Å². The quantitative estimate of drug-likeness (QED) is 0.336. The fraction of sp³-hybridized carbons (Fsp3) is 0.421. The summed E-state index contributed by atoms with van der Waals surface area (Å²) in [5.74, 6) is -0.597. The predicted molar refractivity (Wildman–Crippen MR) is 111 cm³/mol. The van der Waals surface area contributed by atoms with Crippen LogP contribution in [-0.4, -0.2) is 58.8 Å². The third-order valence-electron chi connectivity index (χ3n) is 4.84. The summed E-state index contributed by atoms with van der Waals surface area (Å²) in [6, 6.07) is 8.91. The van der Waals surface area contributed by atoms with Crippen molar-refractivity contribution in [3.8, 4) is 5.75 Å². The third-order valence-corrected chi connectivity index (χ3v) is 6.33. The van der Waals surface area contributed by atoms with Gasteiger partial charge in [-0.15, -0.1) is 0 Å². The zero-order chi connectivity index (χ0) is 24.2. The normalized spacial score (nSPS) is 26.5. The first-order chi connectivity index (χ1) is 15.6. The molecule has 33 heavy (non-hydrogen) atoms. The summed E-state index contributed by atoms with van der Waals surface area (Å²) in [4.78, 5) is 36.8. The Kier molecular flexibility index (Phi) is 7.50. The van der Waals surface area contributed by atoms with Crippen molar-refractivity contribution in [2.45, 2.75) is 31.0 Å². The molecular formula is C19H23FN3O9P. The van der Waals surface area contributed by atoms with Crippen molar-refractivity contribution in [2.24, 2.45) is 0 Å². The number of aromatic amines is 1. The van der Waals surface area contributed by atoms with Crippen LogP contribution >= 0.6 is 7.75 Å². The largest absolute Gasteiger partial charge is 0.468 e. The number of methoxy groups -OCH3 is 1. The molecule has 5 atom stereocenters. The smallest absolute Gasteiger partial charge is 0.459 e. The van der Waals surface area contributed by atoms with Crippen molar-refractivity contribution in [1.29, 1.82) is 0 Å². The Balaban J connectivity index is 1.77. The van der Waals surface area contributed by atoms with Crippen molar-refractivity contribution < 1.29 is 37.4 Å². The molecule has 0 saturated carbocycles. The summed E-state index contributed by atoms with van der Waals surface area (Å²) in [6.45, 7) is -0.145. The number of alkyl halides is 1. The Labute approximate surface area is 186 Å². The average Bonchev–Trinajstić information content (AvgIpc) is 3.00. The van der Waals surface area contributed by atoms with E-state index in [-0.39, 0.29) is 5.75 Å². The van der Waals surface area contributed by atoms with Crippen LogP contribution in [0.2, 0.25) is 0 Å². The second-order valence-electron chi connectivity index (χ2n) is 7.25. The first-order valence-electron chi connectivity index (χ1n) is 9.71. The lowest BCUT2D eigenvalue weighted by Crippen LogP contribution is -2.43. The van der Waals surface area contributed by atoms with Crippen LogP contribution in [-0.2, 0) is 23.4 Å². The highest BCUT2D eigenvalue weighted by Gasteiger charge is 2.55. The maximum Gasteiger partial charge on any atom is 0.459 e. The van der Waals surface area contributed by atoms with Gasteiger partial charge < -0.3 is 19.1 Å². The van der Waals surface area contributed by atoms with Gasteiger partial charge in [0.25, 0.3) is 5.56 Å². The molecule has 3 N–H and O–H groups in total. The van der Waals surface area contributed by atoms with E-state index in [0.717, 1.165) is 30.9 Å². The fourth-order valence-corrected chi connectivity index (χ4v) is 4.37. The number of esters is 1. The van der Waals surface area contributed by atoms with Crippen molar-refractivity contribution in [3.63, 3.8) is 0 Å². The number of rotatable bonds is 9. The van der Waals surface area contributed by atoms with Crippen LogP contribution in [0.3, 0.4) is 0 Å². The molecule has 0 amide bonds. The second-order valence-corrected chi connectivity index (χ2v) is 9.00. The van der Waals surface area contributed by atoms with E-state index in [1.165, 1.54) is 12.1 Å². The number of halogens is 1. The molecule has 180 valence electrons. The van der Waals surface area contributed by atoms with Crippen LogP contribution in [0.25, 0.3) is 0 Å². The van der Waals surface area contributed by atoms with E-state index >= 15 is 4.39 Å². The lowest BCUT2D eigenvalue weighted by atomic mass is 9.98.